The maximum atomic E-state index is 12.5. The Morgan fingerprint density at radius 1 is 1.13 bits per heavy atom. The van der Waals surface area contributed by atoms with E-state index in [1.54, 1.807) is 23.2 Å². The fourth-order valence-corrected chi connectivity index (χ4v) is 3.76. The smallest absolute Gasteiger partial charge is 0.235 e. The highest BCUT2D eigenvalue weighted by molar-refractivity contribution is 7.99. The van der Waals surface area contributed by atoms with Crippen LogP contribution in [0.4, 0.5) is 5.82 Å². The van der Waals surface area contributed by atoms with E-state index in [-0.39, 0.29) is 17.7 Å². The zero-order chi connectivity index (χ0) is 20.9. The zero-order valence-electron chi connectivity index (χ0n) is 16.7. The molecule has 0 saturated heterocycles. The Morgan fingerprint density at radius 3 is 2.70 bits per heavy atom. The molecule has 0 saturated carbocycles. The minimum absolute atomic E-state index is 0.129. The van der Waals surface area contributed by atoms with E-state index < -0.39 is 0 Å². The molecule has 0 atom stereocenters. The minimum atomic E-state index is -0.129. The van der Waals surface area contributed by atoms with Gasteiger partial charge in [0.2, 0.25) is 11.7 Å². The number of aromatic nitrogens is 5. The Labute approximate surface area is 178 Å². The van der Waals surface area contributed by atoms with Crippen molar-refractivity contribution in [2.45, 2.75) is 31.6 Å². The van der Waals surface area contributed by atoms with Crippen LogP contribution < -0.4 is 5.32 Å². The average molecular weight is 423 g/mol. The molecule has 4 aromatic rings. The van der Waals surface area contributed by atoms with Gasteiger partial charge in [-0.15, -0.1) is 10.2 Å². The number of amides is 1. The summed E-state index contributed by atoms with van der Waals surface area (Å²) >= 11 is 1.33. The van der Waals surface area contributed by atoms with Crippen LogP contribution in [0.5, 0.6) is 0 Å². The lowest BCUT2D eigenvalue weighted by molar-refractivity contribution is -0.113. The van der Waals surface area contributed by atoms with Gasteiger partial charge >= 0.3 is 0 Å². The van der Waals surface area contributed by atoms with Crippen molar-refractivity contribution in [1.82, 2.24) is 24.5 Å². The van der Waals surface area contributed by atoms with Gasteiger partial charge in [0.1, 0.15) is 5.82 Å². The third kappa shape index (κ3) is 4.46. The fraction of sp³-hybridized carbons (Fsp3) is 0.238. The number of carbonyl (C=O) groups excluding carboxylic acids is 1. The van der Waals surface area contributed by atoms with Crippen LogP contribution in [-0.4, -0.2) is 36.2 Å². The number of rotatable bonds is 8. The molecule has 0 fully saturated rings. The third-order valence-corrected chi connectivity index (χ3v) is 5.37. The summed E-state index contributed by atoms with van der Waals surface area (Å²) in [6.07, 6.45) is 3.28. The highest BCUT2D eigenvalue weighted by Crippen LogP contribution is 2.26. The van der Waals surface area contributed by atoms with Gasteiger partial charge in [-0.2, -0.15) is 5.10 Å². The summed E-state index contributed by atoms with van der Waals surface area (Å²) in [7, 11) is 0. The van der Waals surface area contributed by atoms with Gasteiger partial charge in [-0.05, 0) is 31.5 Å². The molecule has 0 spiro atoms. The van der Waals surface area contributed by atoms with Gasteiger partial charge in [-0.3, -0.25) is 9.36 Å². The van der Waals surface area contributed by atoms with Gasteiger partial charge in [0.15, 0.2) is 10.9 Å². The second-order valence-corrected chi connectivity index (χ2v) is 7.89. The van der Waals surface area contributed by atoms with Gasteiger partial charge < -0.3 is 9.73 Å². The van der Waals surface area contributed by atoms with Crippen molar-refractivity contribution in [2.75, 3.05) is 11.1 Å². The van der Waals surface area contributed by atoms with Crippen molar-refractivity contribution in [1.29, 1.82) is 0 Å². The Hall–Kier alpha value is -3.33. The molecule has 4 rings (SSSR count). The van der Waals surface area contributed by atoms with Crippen LogP contribution in [0.3, 0.4) is 0 Å². The molecule has 1 aromatic carbocycles. The lowest BCUT2D eigenvalue weighted by Gasteiger charge is -2.12. The summed E-state index contributed by atoms with van der Waals surface area (Å²) in [5, 5.41) is 16.4. The average Bonchev–Trinajstić information content (AvgIpc) is 3.48. The summed E-state index contributed by atoms with van der Waals surface area (Å²) < 4.78 is 9.26. The summed E-state index contributed by atoms with van der Waals surface area (Å²) in [5.41, 5.74) is 1.11. The van der Waals surface area contributed by atoms with Crippen LogP contribution in [0.15, 0.2) is 70.6 Å². The molecule has 154 valence electrons. The summed E-state index contributed by atoms with van der Waals surface area (Å²) in [6, 6.07) is 15.7. The highest BCUT2D eigenvalue weighted by Gasteiger charge is 2.18. The van der Waals surface area contributed by atoms with E-state index in [0.29, 0.717) is 29.1 Å². The van der Waals surface area contributed by atoms with Crippen molar-refractivity contribution < 1.29 is 9.21 Å². The number of thioether (sulfide) groups is 1. The summed E-state index contributed by atoms with van der Waals surface area (Å²) in [6.45, 7) is 4.60. The normalized spacial score (nSPS) is 11.2. The molecule has 3 heterocycles. The first-order valence-electron chi connectivity index (χ1n) is 9.59. The van der Waals surface area contributed by atoms with Gasteiger partial charge in [-0.25, -0.2) is 4.68 Å². The van der Waals surface area contributed by atoms with Crippen LogP contribution >= 0.6 is 11.8 Å². The van der Waals surface area contributed by atoms with E-state index in [2.05, 4.69) is 20.6 Å². The quantitative estimate of drug-likeness (QED) is 0.430. The summed E-state index contributed by atoms with van der Waals surface area (Å²) in [4.78, 5) is 12.5. The first kappa shape index (κ1) is 20.0. The molecule has 0 radical (unpaired) electrons. The largest absolute Gasteiger partial charge is 0.461 e. The molecule has 0 aliphatic carbocycles. The van der Waals surface area contributed by atoms with Crippen LogP contribution in [0.1, 0.15) is 25.5 Å². The number of nitrogens with zero attached hydrogens (tertiary/aromatic N) is 5. The predicted octanol–water partition coefficient (Wildman–Crippen LogP) is 4.09. The van der Waals surface area contributed by atoms with Crippen LogP contribution in [0, 0.1) is 0 Å². The van der Waals surface area contributed by atoms with E-state index >= 15 is 0 Å². The van der Waals surface area contributed by atoms with Gasteiger partial charge in [0.05, 0.1) is 24.8 Å². The molecule has 1 N–H and O–H groups in total. The van der Waals surface area contributed by atoms with E-state index in [1.807, 2.05) is 60.9 Å². The topological polar surface area (TPSA) is 90.8 Å². The second-order valence-electron chi connectivity index (χ2n) is 6.95. The van der Waals surface area contributed by atoms with Crippen LogP contribution in [0.2, 0.25) is 0 Å². The lowest BCUT2D eigenvalue weighted by atomic mass is 10.2. The number of furan rings is 1. The molecule has 0 unspecified atom stereocenters. The highest BCUT2D eigenvalue weighted by atomic mass is 32.2. The second kappa shape index (κ2) is 9.00. The molecular weight excluding hydrogens is 400 g/mol. The maximum absolute atomic E-state index is 12.5. The summed E-state index contributed by atoms with van der Waals surface area (Å²) in [5.74, 6) is 2.02. The van der Waals surface area contributed by atoms with Crippen LogP contribution in [0.25, 0.3) is 11.6 Å². The van der Waals surface area contributed by atoms with E-state index in [9.17, 15) is 4.79 Å². The molecule has 30 heavy (non-hydrogen) atoms. The monoisotopic (exact) mass is 422 g/mol. The number of benzene rings is 1. The van der Waals surface area contributed by atoms with Gasteiger partial charge in [0.25, 0.3) is 0 Å². The van der Waals surface area contributed by atoms with Crippen molar-refractivity contribution in [3.63, 3.8) is 0 Å². The van der Waals surface area contributed by atoms with E-state index in [1.165, 1.54) is 11.8 Å². The maximum Gasteiger partial charge on any atom is 0.235 e. The third-order valence-electron chi connectivity index (χ3n) is 4.40. The number of hydrogen-bond acceptors (Lipinski definition) is 6. The number of nitrogens with one attached hydrogen (secondary N) is 1. The number of anilines is 1. The van der Waals surface area contributed by atoms with E-state index in [4.69, 9.17) is 4.42 Å². The molecule has 9 heteroatoms. The van der Waals surface area contributed by atoms with Gasteiger partial charge in [-0.1, -0.05) is 42.1 Å². The fourth-order valence-electron chi connectivity index (χ4n) is 3.03. The SMILES string of the molecule is CC(C)n1nccc1NC(=O)CSc1nnc(-c2ccco2)n1Cc1ccccc1. The van der Waals surface area contributed by atoms with Crippen molar-refractivity contribution in [3.05, 3.63) is 66.6 Å². The lowest BCUT2D eigenvalue weighted by Crippen LogP contribution is -2.18. The zero-order valence-corrected chi connectivity index (χ0v) is 17.5. The Bertz CT molecular complexity index is 1100. The van der Waals surface area contributed by atoms with E-state index in [0.717, 1.165) is 5.56 Å². The first-order chi connectivity index (χ1) is 14.6. The molecule has 0 bridgehead atoms. The minimum Gasteiger partial charge on any atom is -0.461 e. The molecular formula is C21H22N6O2S. The Balaban J connectivity index is 1.51. The van der Waals surface area contributed by atoms with Crippen molar-refractivity contribution >= 4 is 23.5 Å². The molecule has 0 aliphatic heterocycles. The number of carbonyl (C=O) groups is 1. The molecule has 1 amide bonds. The van der Waals surface area contributed by atoms with Crippen molar-refractivity contribution in [3.8, 4) is 11.6 Å². The van der Waals surface area contributed by atoms with Crippen LogP contribution in [-0.2, 0) is 11.3 Å². The molecule has 3 aromatic heterocycles. The molecule has 8 nitrogen and oxygen atoms in total. The Kier molecular flexibility index (Phi) is 5.99. The molecule has 0 aliphatic rings. The van der Waals surface area contributed by atoms with Crippen molar-refractivity contribution in [2.24, 2.45) is 0 Å². The number of hydrogen-bond donors (Lipinski definition) is 1. The Morgan fingerprint density at radius 2 is 1.97 bits per heavy atom. The predicted molar refractivity (Wildman–Crippen MR) is 115 cm³/mol. The first-order valence-corrected chi connectivity index (χ1v) is 10.6. The van der Waals surface area contributed by atoms with Gasteiger partial charge in [0, 0.05) is 12.1 Å². The standard InChI is InChI=1S/C21H22N6O2S/c1-15(2)27-18(10-11-22-27)23-19(28)14-30-21-25-24-20(17-9-6-12-29-17)26(21)13-16-7-4-3-5-8-16/h3-12,15H,13-14H2,1-2H3,(H,23,28).